The van der Waals surface area contributed by atoms with Gasteiger partial charge in [-0.05, 0) is 38.8 Å². The normalized spacial score (nSPS) is 33.1. The minimum Gasteiger partial charge on any atom is -0.110 e. The lowest BCUT2D eigenvalue weighted by Gasteiger charge is -2.14. The minimum absolute atomic E-state index is 0.214. The van der Waals surface area contributed by atoms with Crippen molar-refractivity contribution in [1.29, 1.82) is 0 Å². The van der Waals surface area contributed by atoms with Crippen LogP contribution in [0, 0.1) is 0 Å². The smallest absolute Gasteiger partial charge is 0.0815 e. The molecule has 0 heterocycles. The van der Waals surface area contributed by atoms with Crippen molar-refractivity contribution in [2.24, 2.45) is 0 Å². The van der Waals surface area contributed by atoms with Gasteiger partial charge in [0, 0.05) is 0 Å². The molecule has 0 aromatic heterocycles. The number of rotatable bonds is 0. The van der Waals surface area contributed by atoms with Crippen molar-refractivity contribution in [3.8, 4) is 0 Å². The van der Waals surface area contributed by atoms with Crippen LogP contribution in [0.3, 0.4) is 0 Å². The molecule has 1 unspecified atom stereocenters. The van der Waals surface area contributed by atoms with Gasteiger partial charge >= 0.3 is 0 Å². The van der Waals surface area contributed by atoms with E-state index in [0.717, 1.165) is 0 Å². The number of halogens is 1. The molecule has 0 aliphatic heterocycles. The first-order chi connectivity index (χ1) is 4.45. The third-order valence-corrected chi connectivity index (χ3v) is 2.77. The maximum Gasteiger partial charge on any atom is 0.0815 e. The fourth-order valence-electron chi connectivity index (χ4n) is 1.29. The lowest BCUT2D eigenvalue weighted by atomic mass is 10.0. The number of allylic oxidation sites excluding steroid dienone is 4. The molecule has 0 spiro atoms. The molecule has 10 heavy (non-hydrogen) atoms. The molecule has 0 fully saturated rings. The Bertz CT molecular complexity index is 219. The molecule has 0 N–H and O–H groups in total. The van der Waals surface area contributed by atoms with Gasteiger partial charge in [-0.25, -0.2) is 0 Å². The van der Waals surface area contributed by atoms with Crippen LogP contribution in [-0.4, -0.2) is 4.87 Å². The fourth-order valence-corrected chi connectivity index (χ4v) is 1.59. The van der Waals surface area contributed by atoms with Gasteiger partial charge < -0.3 is 0 Å². The zero-order chi connectivity index (χ0) is 7.94. The van der Waals surface area contributed by atoms with Crippen LogP contribution in [-0.2, 0) is 0 Å². The first kappa shape index (κ1) is 7.87. The highest BCUT2D eigenvalue weighted by Crippen LogP contribution is 2.37. The second-order valence-corrected chi connectivity index (χ2v) is 3.94. The van der Waals surface area contributed by atoms with E-state index in [-0.39, 0.29) is 4.87 Å². The molecule has 0 nitrogen and oxygen atoms in total. The van der Waals surface area contributed by atoms with Crippen LogP contribution >= 0.6 is 11.6 Å². The summed E-state index contributed by atoms with van der Waals surface area (Å²) >= 11 is 6.17. The van der Waals surface area contributed by atoms with E-state index in [1.165, 1.54) is 16.7 Å². The van der Waals surface area contributed by atoms with Crippen molar-refractivity contribution in [2.75, 3.05) is 0 Å². The van der Waals surface area contributed by atoms with Crippen LogP contribution in [0.4, 0.5) is 0 Å². The van der Waals surface area contributed by atoms with E-state index in [0.29, 0.717) is 0 Å². The Kier molecular flexibility index (Phi) is 1.68. The molecule has 1 aliphatic rings. The first-order valence-electron chi connectivity index (χ1n) is 3.52. The van der Waals surface area contributed by atoms with Crippen molar-refractivity contribution in [1.82, 2.24) is 0 Å². The zero-order valence-electron chi connectivity index (χ0n) is 6.96. The summed E-state index contributed by atoms with van der Waals surface area (Å²) < 4.78 is 0. The van der Waals surface area contributed by atoms with Gasteiger partial charge in [0.25, 0.3) is 0 Å². The van der Waals surface area contributed by atoms with Crippen molar-refractivity contribution >= 4 is 11.6 Å². The summed E-state index contributed by atoms with van der Waals surface area (Å²) in [7, 11) is 0. The highest BCUT2D eigenvalue weighted by molar-refractivity contribution is 6.27. The Balaban J connectivity index is 3.12. The Morgan fingerprint density at radius 3 is 1.90 bits per heavy atom. The van der Waals surface area contributed by atoms with Crippen LogP contribution in [0.1, 0.15) is 27.7 Å². The van der Waals surface area contributed by atoms with E-state index in [9.17, 15) is 0 Å². The van der Waals surface area contributed by atoms with Crippen LogP contribution in [0.25, 0.3) is 0 Å². The molecule has 1 aliphatic carbocycles. The monoisotopic (exact) mass is 156 g/mol. The number of alkyl halides is 1. The summed E-state index contributed by atoms with van der Waals surface area (Å²) in [6.45, 7) is 8.35. The molecule has 0 amide bonds. The van der Waals surface area contributed by atoms with Crippen molar-refractivity contribution in [3.05, 3.63) is 22.8 Å². The highest BCUT2D eigenvalue weighted by atomic mass is 35.5. The second-order valence-electron chi connectivity index (χ2n) is 3.15. The quantitative estimate of drug-likeness (QED) is 0.473. The minimum atomic E-state index is -0.214. The lowest BCUT2D eigenvalue weighted by Crippen LogP contribution is -2.10. The number of hydrogen-bond donors (Lipinski definition) is 0. The van der Waals surface area contributed by atoms with Crippen molar-refractivity contribution < 1.29 is 0 Å². The molecule has 0 aromatic carbocycles. The van der Waals surface area contributed by atoms with Crippen LogP contribution in [0.15, 0.2) is 22.8 Å². The molecular formula is C9H13Cl. The van der Waals surface area contributed by atoms with E-state index in [4.69, 9.17) is 11.6 Å². The summed E-state index contributed by atoms with van der Waals surface area (Å²) in [6.07, 6.45) is 2.11. The third-order valence-electron chi connectivity index (χ3n) is 2.37. The largest absolute Gasteiger partial charge is 0.110 e. The van der Waals surface area contributed by atoms with Gasteiger partial charge in [-0.3, -0.25) is 0 Å². The average molecular weight is 157 g/mol. The standard InChI is InChI=1S/C9H13Cl/c1-6-5-9(4,10)8(3)7(6)2/h5H,1-4H3. The van der Waals surface area contributed by atoms with Gasteiger partial charge in [-0.2, -0.15) is 0 Å². The van der Waals surface area contributed by atoms with Crippen LogP contribution < -0.4 is 0 Å². The maximum absolute atomic E-state index is 6.17. The van der Waals surface area contributed by atoms with Crippen LogP contribution in [0.2, 0.25) is 0 Å². The third kappa shape index (κ3) is 1.01. The summed E-state index contributed by atoms with van der Waals surface area (Å²) in [4.78, 5) is -0.214. The summed E-state index contributed by atoms with van der Waals surface area (Å²) in [5, 5.41) is 0. The number of hydrogen-bond acceptors (Lipinski definition) is 0. The Labute approximate surface area is 67.6 Å². The van der Waals surface area contributed by atoms with Gasteiger partial charge in [0.2, 0.25) is 0 Å². The molecule has 56 valence electrons. The van der Waals surface area contributed by atoms with Gasteiger partial charge in [-0.15, -0.1) is 11.6 Å². The predicted molar refractivity (Wildman–Crippen MR) is 46.4 cm³/mol. The van der Waals surface area contributed by atoms with Crippen LogP contribution in [0.5, 0.6) is 0 Å². The molecule has 1 heteroatoms. The van der Waals surface area contributed by atoms with Gasteiger partial charge in [-0.1, -0.05) is 11.6 Å². The zero-order valence-corrected chi connectivity index (χ0v) is 7.71. The molecule has 0 bridgehead atoms. The van der Waals surface area contributed by atoms with Crippen molar-refractivity contribution in [3.63, 3.8) is 0 Å². The van der Waals surface area contributed by atoms with Gasteiger partial charge in [0.05, 0.1) is 4.87 Å². The Morgan fingerprint density at radius 1 is 1.30 bits per heavy atom. The Morgan fingerprint density at radius 2 is 1.80 bits per heavy atom. The summed E-state index contributed by atoms with van der Waals surface area (Å²) in [5.74, 6) is 0. The molecule has 0 radical (unpaired) electrons. The van der Waals surface area contributed by atoms with E-state index in [1.54, 1.807) is 0 Å². The molecular weight excluding hydrogens is 144 g/mol. The van der Waals surface area contributed by atoms with Crippen molar-refractivity contribution in [2.45, 2.75) is 32.6 Å². The first-order valence-corrected chi connectivity index (χ1v) is 3.89. The molecule has 0 aromatic rings. The van der Waals surface area contributed by atoms with Gasteiger partial charge in [0.1, 0.15) is 0 Å². The SMILES string of the molecule is CC1=CC(C)(Cl)C(C)=C1C. The van der Waals surface area contributed by atoms with E-state index in [2.05, 4.69) is 26.8 Å². The summed E-state index contributed by atoms with van der Waals surface area (Å²) in [6, 6.07) is 0. The molecule has 0 saturated carbocycles. The molecule has 1 atom stereocenters. The highest BCUT2D eigenvalue weighted by Gasteiger charge is 2.27. The molecule has 0 saturated heterocycles. The topological polar surface area (TPSA) is 0 Å². The predicted octanol–water partition coefficient (Wildman–Crippen LogP) is 3.28. The van der Waals surface area contributed by atoms with Gasteiger partial charge in [0.15, 0.2) is 0 Å². The average Bonchev–Trinajstić information content (AvgIpc) is 1.95. The Hall–Kier alpha value is -0.230. The van der Waals surface area contributed by atoms with E-state index in [1.807, 2.05) is 6.92 Å². The summed E-state index contributed by atoms with van der Waals surface area (Å²) in [5.41, 5.74) is 3.94. The fraction of sp³-hybridized carbons (Fsp3) is 0.556. The lowest BCUT2D eigenvalue weighted by molar-refractivity contribution is 0.922. The van der Waals surface area contributed by atoms with E-state index < -0.39 is 0 Å². The van der Waals surface area contributed by atoms with E-state index >= 15 is 0 Å². The second kappa shape index (κ2) is 2.13. The maximum atomic E-state index is 6.17. The molecule has 1 rings (SSSR count).